The fourth-order valence-electron chi connectivity index (χ4n) is 1.27. The van der Waals surface area contributed by atoms with Crippen molar-refractivity contribution in [1.82, 2.24) is 10.1 Å². The molecule has 5 heteroatoms. The molecule has 0 spiro atoms. The van der Waals surface area contributed by atoms with Crippen LogP contribution < -0.4 is 0 Å². The Morgan fingerprint density at radius 1 is 1.47 bits per heavy atom. The highest BCUT2D eigenvalue weighted by molar-refractivity contribution is 5.69. The number of aldehydes is 1. The number of nitrogens with zero attached hydrogens (tertiary/aromatic N) is 2. The van der Waals surface area contributed by atoms with E-state index in [0.29, 0.717) is 17.4 Å². The molecule has 2 aromatic rings. The molecule has 0 atom stereocenters. The molecule has 0 fully saturated rings. The highest BCUT2D eigenvalue weighted by atomic mass is 19.1. The Hall–Kier alpha value is -2.04. The van der Waals surface area contributed by atoms with Crippen molar-refractivity contribution in [3.05, 3.63) is 35.5 Å². The van der Waals surface area contributed by atoms with Gasteiger partial charge in [0.15, 0.2) is 0 Å². The SMILES string of the molecule is Cc1cc(F)ccc1-c1noc(C=O)n1. The van der Waals surface area contributed by atoms with E-state index in [-0.39, 0.29) is 17.5 Å². The molecule has 15 heavy (non-hydrogen) atoms. The van der Waals surface area contributed by atoms with E-state index in [4.69, 9.17) is 0 Å². The second-order valence-electron chi connectivity index (χ2n) is 3.03. The average molecular weight is 206 g/mol. The Labute approximate surface area is 84.7 Å². The highest BCUT2D eigenvalue weighted by Gasteiger charge is 2.10. The standard InChI is InChI=1S/C10H7FN2O2/c1-6-4-7(11)2-3-8(6)10-12-9(5-14)15-13-10/h2-5H,1H3. The lowest BCUT2D eigenvalue weighted by Gasteiger charge is -1.99. The van der Waals surface area contributed by atoms with Crippen molar-refractivity contribution in [1.29, 1.82) is 0 Å². The molecular formula is C10H7FN2O2. The summed E-state index contributed by atoms with van der Waals surface area (Å²) in [5, 5.41) is 3.61. The van der Waals surface area contributed by atoms with Crippen molar-refractivity contribution in [2.24, 2.45) is 0 Å². The Bertz CT molecular complexity index is 508. The topological polar surface area (TPSA) is 56.0 Å². The molecule has 0 saturated carbocycles. The Balaban J connectivity index is 2.49. The summed E-state index contributed by atoms with van der Waals surface area (Å²) in [4.78, 5) is 14.2. The summed E-state index contributed by atoms with van der Waals surface area (Å²) < 4.78 is 17.4. The molecule has 0 unspecified atom stereocenters. The van der Waals surface area contributed by atoms with Crippen LogP contribution in [0.4, 0.5) is 4.39 Å². The van der Waals surface area contributed by atoms with E-state index in [9.17, 15) is 9.18 Å². The van der Waals surface area contributed by atoms with Crippen LogP contribution in [0.2, 0.25) is 0 Å². The van der Waals surface area contributed by atoms with Crippen LogP contribution in [0.1, 0.15) is 16.2 Å². The van der Waals surface area contributed by atoms with E-state index in [1.807, 2.05) is 0 Å². The number of aryl methyl sites for hydroxylation is 1. The van der Waals surface area contributed by atoms with Gasteiger partial charge in [-0.1, -0.05) is 5.16 Å². The molecule has 0 amide bonds. The number of carbonyl (C=O) groups excluding carboxylic acids is 1. The van der Waals surface area contributed by atoms with E-state index < -0.39 is 0 Å². The third-order valence-electron chi connectivity index (χ3n) is 1.97. The Morgan fingerprint density at radius 2 is 2.27 bits per heavy atom. The normalized spacial score (nSPS) is 10.3. The van der Waals surface area contributed by atoms with Gasteiger partial charge in [-0.15, -0.1) is 0 Å². The molecule has 0 aliphatic carbocycles. The lowest BCUT2D eigenvalue weighted by Crippen LogP contribution is -1.87. The molecule has 76 valence electrons. The van der Waals surface area contributed by atoms with Crippen LogP contribution in [0.25, 0.3) is 11.4 Å². The number of carbonyl (C=O) groups is 1. The Kier molecular flexibility index (Phi) is 2.29. The number of halogens is 1. The molecule has 0 N–H and O–H groups in total. The zero-order valence-electron chi connectivity index (χ0n) is 7.90. The van der Waals surface area contributed by atoms with Crippen molar-refractivity contribution in [2.75, 3.05) is 0 Å². The quantitative estimate of drug-likeness (QED) is 0.705. The van der Waals surface area contributed by atoms with Crippen LogP contribution in [0.3, 0.4) is 0 Å². The molecule has 0 saturated heterocycles. The maximum absolute atomic E-state index is 12.8. The first-order chi connectivity index (χ1) is 7.20. The lowest BCUT2D eigenvalue weighted by molar-refractivity contribution is 0.108. The fraction of sp³-hybridized carbons (Fsp3) is 0.100. The van der Waals surface area contributed by atoms with Gasteiger partial charge in [-0.05, 0) is 30.7 Å². The maximum Gasteiger partial charge on any atom is 0.291 e. The number of hydrogen-bond acceptors (Lipinski definition) is 4. The summed E-state index contributed by atoms with van der Waals surface area (Å²) in [6, 6.07) is 4.22. The van der Waals surface area contributed by atoms with Crippen molar-refractivity contribution in [2.45, 2.75) is 6.92 Å². The first-order valence-electron chi connectivity index (χ1n) is 4.26. The summed E-state index contributed by atoms with van der Waals surface area (Å²) in [5.41, 5.74) is 1.33. The first kappa shape index (κ1) is 9.51. The Morgan fingerprint density at radius 3 is 2.87 bits per heavy atom. The number of aromatic nitrogens is 2. The van der Waals surface area contributed by atoms with Crippen LogP contribution in [-0.4, -0.2) is 16.4 Å². The minimum absolute atomic E-state index is 0.0891. The van der Waals surface area contributed by atoms with Crippen molar-refractivity contribution < 1.29 is 13.7 Å². The van der Waals surface area contributed by atoms with Gasteiger partial charge in [0.1, 0.15) is 5.82 Å². The molecular weight excluding hydrogens is 199 g/mol. The van der Waals surface area contributed by atoms with Crippen LogP contribution in [-0.2, 0) is 0 Å². The maximum atomic E-state index is 12.8. The van der Waals surface area contributed by atoms with Crippen LogP contribution in [0.15, 0.2) is 22.7 Å². The van der Waals surface area contributed by atoms with Gasteiger partial charge in [0.05, 0.1) is 0 Å². The van der Waals surface area contributed by atoms with Gasteiger partial charge in [-0.2, -0.15) is 4.98 Å². The summed E-state index contributed by atoms with van der Waals surface area (Å²) in [6.07, 6.45) is 0.468. The predicted molar refractivity (Wildman–Crippen MR) is 49.8 cm³/mol. The molecule has 4 nitrogen and oxygen atoms in total. The van der Waals surface area contributed by atoms with Crippen molar-refractivity contribution >= 4 is 6.29 Å². The summed E-state index contributed by atoms with van der Waals surface area (Å²) in [7, 11) is 0. The fourth-order valence-corrected chi connectivity index (χ4v) is 1.27. The number of hydrogen-bond donors (Lipinski definition) is 0. The van der Waals surface area contributed by atoms with Gasteiger partial charge >= 0.3 is 0 Å². The molecule has 0 bridgehead atoms. The second kappa shape index (κ2) is 3.61. The van der Waals surface area contributed by atoms with Gasteiger partial charge in [0.2, 0.25) is 12.1 Å². The van der Waals surface area contributed by atoms with Crippen molar-refractivity contribution in [3.8, 4) is 11.4 Å². The van der Waals surface area contributed by atoms with E-state index in [2.05, 4.69) is 14.7 Å². The van der Waals surface area contributed by atoms with E-state index in [1.165, 1.54) is 12.1 Å². The summed E-state index contributed by atoms with van der Waals surface area (Å²) in [5.74, 6) is -0.126. The summed E-state index contributed by atoms with van der Waals surface area (Å²) >= 11 is 0. The van der Waals surface area contributed by atoms with Gasteiger partial charge in [-0.25, -0.2) is 4.39 Å². The van der Waals surface area contributed by atoms with Crippen molar-refractivity contribution in [3.63, 3.8) is 0 Å². The highest BCUT2D eigenvalue weighted by Crippen LogP contribution is 2.20. The largest absolute Gasteiger partial charge is 0.331 e. The van der Waals surface area contributed by atoms with Gasteiger partial charge in [0.25, 0.3) is 5.89 Å². The second-order valence-corrected chi connectivity index (χ2v) is 3.03. The van der Waals surface area contributed by atoms with Crippen LogP contribution >= 0.6 is 0 Å². The molecule has 0 aliphatic rings. The smallest absolute Gasteiger partial charge is 0.291 e. The minimum Gasteiger partial charge on any atom is -0.331 e. The van der Waals surface area contributed by atoms with Crippen LogP contribution in [0, 0.1) is 12.7 Å². The van der Waals surface area contributed by atoms with Gasteiger partial charge in [0, 0.05) is 5.56 Å². The number of rotatable bonds is 2. The third kappa shape index (κ3) is 1.76. The lowest BCUT2D eigenvalue weighted by atomic mass is 10.1. The molecule has 1 heterocycles. The third-order valence-corrected chi connectivity index (χ3v) is 1.97. The van der Waals surface area contributed by atoms with E-state index in [0.717, 1.165) is 0 Å². The average Bonchev–Trinajstić information content (AvgIpc) is 2.66. The predicted octanol–water partition coefficient (Wildman–Crippen LogP) is 2.00. The first-order valence-corrected chi connectivity index (χ1v) is 4.26. The minimum atomic E-state index is -0.324. The molecule has 0 aliphatic heterocycles. The van der Waals surface area contributed by atoms with Gasteiger partial charge < -0.3 is 4.52 Å². The molecule has 1 aromatic heterocycles. The molecule has 0 radical (unpaired) electrons. The van der Waals surface area contributed by atoms with Gasteiger partial charge in [-0.3, -0.25) is 4.79 Å². The van der Waals surface area contributed by atoms with E-state index in [1.54, 1.807) is 13.0 Å². The van der Waals surface area contributed by atoms with E-state index >= 15 is 0 Å². The zero-order valence-corrected chi connectivity index (χ0v) is 7.90. The summed E-state index contributed by atoms with van der Waals surface area (Å²) in [6.45, 7) is 1.73. The molecule has 2 rings (SSSR count). The monoisotopic (exact) mass is 206 g/mol. The van der Waals surface area contributed by atoms with Crippen LogP contribution in [0.5, 0.6) is 0 Å². The molecule has 1 aromatic carbocycles. The zero-order chi connectivity index (χ0) is 10.8. The number of benzene rings is 1.